The van der Waals surface area contributed by atoms with Crippen molar-refractivity contribution in [3.8, 4) is 0 Å². The van der Waals surface area contributed by atoms with Crippen LogP contribution in [0.4, 0.5) is 0 Å². The second kappa shape index (κ2) is 3.79. The summed E-state index contributed by atoms with van der Waals surface area (Å²) in [6.45, 7) is 0.862. The predicted octanol–water partition coefficient (Wildman–Crippen LogP) is 0.310. The van der Waals surface area contributed by atoms with Crippen molar-refractivity contribution in [1.29, 1.82) is 0 Å². The molecule has 2 aliphatic carbocycles. The fourth-order valence-corrected chi connectivity index (χ4v) is 4.55. The first kappa shape index (κ1) is 11.4. The SMILES string of the molecule is COC1C2CC3CN(C(=O)c4cn(C)nn4)C1C3C2. The molecule has 1 aliphatic heterocycles. The highest BCUT2D eigenvalue weighted by Gasteiger charge is 2.60. The van der Waals surface area contributed by atoms with Gasteiger partial charge in [0.05, 0.1) is 18.3 Å². The molecular weight excluding hydrogens is 244 g/mol. The standard InChI is InChI=1S/C13H18N4O2/c1-16-6-10(14-15-16)13(18)17-5-8-3-7-4-9(8)11(17)12(7)19-2/h6-9,11-12H,3-5H2,1-2H3. The molecule has 2 saturated carbocycles. The largest absolute Gasteiger partial charge is 0.379 e. The smallest absolute Gasteiger partial charge is 0.276 e. The molecule has 4 rings (SSSR count). The van der Waals surface area contributed by atoms with Crippen LogP contribution in [0.3, 0.4) is 0 Å². The van der Waals surface area contributed by atoms with Crippen LogP contribution in [0, 0.1) is 17.8 Å². The molecule has 0 radical (unpaired) electrons. The molecule has 1 amide bonds. The number of fused-ring (bicyclic) bond motifs is 1. The normalized spacial score (nSPS) is 39.3. The average molecular weight is 262 g/mol. The van der Waals surface area contributed by atoms with Gasteiger partial charge in [0, 0.05) is 20.7 Å². The van der Waals surface area contributed by atoms with E-state index < -0.39 is 0 Å². The third-order valence-electron chi connectivity index (χ3n) is 5.17. The molecule has 6 nitrogen and oxygen atoms in total. The summed E-state index contributed by atoms with van der Waals surface area (Å²) in [5.74, 6) is 1.96. The lowest BCUT2D eigenvalue weighted by atomic mass is 9.88. The van der Waals surface area contributed by atoms with Crippen LogP contribution in [0.5, 0.6) is 0 Å². The van der Waals surface area contributed by atoms with Crippen LogP contribution in [0.1, 0.15) is 23.3 Å². The Morgan fingerprint density at radius 2 is 2.26 bits per heavy atom. The number of aryl methyl sites for hydroxylation is 1. The molecule has 3 aliphatic rings. The summed E-state index contributed by atoms with van der Waals surface area (Å²) in [4.78, 5) is 14.6. The number of ether oxygens (including phenoxy) is 1. The number of methoxy groups -OCH3 is 1. The summed E-state index contributed by atoms with van der Waals surface area (Å²) in [6, 6.07) is 0.253. The Bertz CT molecular complexity index is 526. The minimum absolute atomic E-state index is 0.00944. The highest BCUT2D eigenvalue weighted by atomic mass is 16.5. The minimum Gasteiger partial charge on any atom is -0.379 e. The number of hydrogen-bond donors (Lipinski definition) is 0. The van der Waals surface area contributed by atoms with Gasteiger partial charge in [-0.25, -0.2) is 0 Å². The van der Waals surface area contributed by atoms with E-state index in [1.807, 2.05) is 4.90 Å². The molecule has 5 unspecified atom stereocenters. The molecule has 6 heteroatoms. The second-order valence-electron chi connectivity index (χ2n) is 6.08. The lowest BCUT2D eigenvalue weighted by molar-refractivity contribution is 0.0110. The Labute approximate surface area is 111 Å². The van der Waals surface area contributed by atoms with Crippen LogP contribution in [0.15, 0.2) is 6.20 Å². The molecule has 1 saturated heterocycles. The minimum atomic E-state index is 0.00944. The quantitative estimate of drug-likeness (QED) is 0.769. The van der Waals surface area contributed by atoms with Crippen molar-refractivity contribution >= 4 is 5.91 Å². The zero-order chi connectivity index (χ0) is 13.1. The van der Waals surface area contributed by atoms with Gasteiger partial charge >= 0.3 is 0 Å². The third kappa shape index (κ3) is 1.43. The molecule has 2 bridgehead atoms. The molecule has 3 fully saturated rings. The van der Waals surface area contributed by atoms with Crippen molar-refractivity contribution in [2.75, 3.05) is 13.7 Å². The summed E-state index contributed by atoms with van der Waals surface area (Å²) < 4.78 is 7.23. The topological polar surface area (TPSA) is 60.2 Å². The van der Waals surface area contributed by atoms with Crippen molar-refractivity contribution in [3.63, 3.8) is 0 Å². The van der Waals surface area contributed by atoms with E-state index in [0.29, 0.717) is 23.4 Å². The second-order valence-corrected chi connectivity index (χ2v) is 6.08. The average Bonchev–Trinajstić information content (AvgIpc) is 3.08. The van der Waals surface area contributed by atoms with Gasteiger partial charge in [-0.15, -0.1) is 5.10 Å². The predicted molar refractivity (Wildman–Crippen MR) is 66.3 cm³/mol. The van der Waals surface area contributed by atoms with Crippen LogP contribution in [0.2, 0.25) is 0 Å². The molecule has 5 atom stereocenters. The Morgan fingerprint density at radius 3 is 2.95 bits per heavy atom. The van der Waals surface area contributed by atoms with E-state index in [2.05, 4.69) is 10.3 Å². The molecule has 2 heterocycles. The maximum atomic E-state index is 12.6. The van der Waals surface area contributed by atoms with Crippen LogP contribution >= 0.6 is 0 Å². The van der Waals surface area contributed by atoms with Crippen molar-refractivity contribution in [1.82, 2.24) is 19.9 Å². The van der Waals surface area contributed by atoms with E-state index in [1.54, 1.807) is 25.0 Å². The van der Waals surface area contributed by atoms with E-state index in [-0.39, 0.29) is 18.1 Å². The maximum Gasteiger partial charge on any atom is 0.276 e. The number of amides is 1. The summed E-state index contributed by atoms with van der Waals surface area (Å²) in [5, 5.41) is 7.80. The van der Waals surface area contributed by atoms with Crippen molar-refractivity contribution in [3.05, 3.63) is 11.9 Å². The fourth-order valence-electron chi connectivity index (χ4n) is 4.55. The Balaban J connectivity index is 1.64. The number of carbonyl (C=O) groups is 1. The first-order chi connectivity index (χ1) is 9.19. The van der Waals surface area contributed by atoms with Gasteiger partial charge in [0.1, 0.15) is 0 Å². The Kier molecular flexibility index (Phi) is 2.27. The third-order valence-corrected chi connectivity index (χ3v) is 5.17. The first-order valence-electron chi connectivity index (χ1n) is 6.89. The molecule has 0 N–H and O–H groups in total. The number of nitrogens with zero attached hydrogens (tertiary/aromatic N) is 4. The maximum absolute atomic E-state index is 12.6. The van der Waals surface area contributed by atoms with E-state index in [4.69, 9.17) is 4.74 Å². The van der Waals surface area contributed by atoms with Gasteiger partial charge in [-0.05, 0) is 30.6 Å². The summed E-state index contributed by atoms with van der Waals surface area (Å²) in [6.07, 6.45) is 4.34. The van der Waals surface area contributed by atoms with Crippen LogP contribution < -0.4 is 0 Å². The molecule has 102 valence electrons. The molecular formula is C13H18N4O2. The fraction of sp³-hybridized carbons (Fsp3) is 0.769. The first-order valence-corrected chi connectivity index (χ1v) is 6.89. The molecule has 1 aromatic heterocycles. The van der Waals surface area contributed by atoms with E-state index in [0.717, 1.165) is 6.54 Å². The van der Waals surface area contributed by atoms with Gasteiger partial charge in [-0.3, -0.25) is 9.48 Å². The Morgan fingerprint density at radius 1 is 1.42 bits per heavy atom. The van der Waals surface area contributed by atoms with Gasteiger partial charge in [-0.2, -0.15) is 0 Å². The molecule has 0 spiro atoms. The monoisotopic (exact) mass is 262 g/mol. The van der Waals surface area contributed by atoms with Crippen LogP contribution in [0.25, 0.3) is 0 Å². The lowest BCUT2D eigenvalue weighted by Gasteiger charge is -2.30. The van der Waals surface area contributed by atoms with Crippen molar-refractivity contribution in [2.45, 2.75) is 25.0 Å². The summed E-state index contributed by atoms with van der Waals surface area (Å²) in [7, 11) is 3.55. The highest BCUT2D eigenvalue weighted by molar-refractivity contribution is 5.92. The van der Waals surface area contributed by atoms with Crippen LogP contribution in [-0.4, -0.2) is 51.6 Å². The number of rotatable bonds is 2. The Hall–Kier alpha value is -1.43. The van der Waals surface area contributed by atoms with Gasteiger partial charge < -0.3 is 9.64 Å². The number of carbonyl (C=O) groups excluding carboxylic acids is 1. The van der Waals surface area contributed by atoms with E-state index in [1.165, 1.54) is 12.8 Å². The van der Waals surface area contributed by atoms with Gasteiger partial charge in [0.2, 0.25) is 0 Å². The number of likely N-dealkylation sites (tertiary alicyclic amines) is 1. The van der Waals surface area contributed by atoms with E-state index >= 15 is 0 Å². The number of hydrogen-bond acceptors (Lipinski definition) is 4. The summed E-state index contributed by atoms with van der Waals surface area (Å²) >= 11 is 0. The van der Waals surface area contributed by atoms with Crippen molar-refractivity contribution in [2.24, 2.45) is 24.8 Å². The lowest BCUT2D eigenvalue weighted by Crippen LogP contribution is -2.44. The van der Waals surface area contributed by atoms with Crippen molar-refractivity contribution < 1.29 is 9.53 Å². The van der Waals surface area contributed by atoms with Gasteiger partial charge in [-0.1, -0.05) is 5.21 Å². The van der Waals surface area contributed by atoms with Gasteiger partial charge in [0.25, 0.3) is 5.91 Å². The zero-order valence-corrected chi connectivity index (χ0v) is 11.2. The zero-order valence-electron chi connectivity index (χ0n) is 11.2. The van der Waals surface area contributed by atoms with Gasteiger partial charge in [0.15, 0.2) is 5.69 Å². The number of aromatic nitrogens is 3. The molecule has 1 aromatic rings. The molecule has 0 aromatic carbocycles. The van der Waals surface area contributed by atoms with E-state index in [9.17, 15) is 4.79 Å². The summed E-state index contributed by atoms with van der Waals surface area (Å²) in [5.41, 5.74) is 0.446. The van der Waals surface area contributed by atoms with Crippen LogP contribution in [-0.2, 0) is 11.8 Å². The highest BCUT2D eigenvalue weighted by Crippen LogP contribution is 2.55. The molecule has 19 heavy (non-hydrogen) atoms.